The van der Waals surface area contributed by atoms with Crippen LogP contribution in [0.2, 0.25) is 0 Å². The molecule has 0 fully saturated rings. The van der Waals surface area contributed by atoms with Crippen molar-refractivity contribution < 1.29 is 30.0 Å². The van der Waals surface area contributed by atoms with Crippen LogP contribution in [0.15, 0.2) is 48.4 Å². The molecule has 0 atom stereocenters. The minimum atomic E-state index is -0.125. The molecule has 5 rings (SSSR count). The number of carbonyl (C=O) groups excluding carboxylic acids is 1. The van der Waals surface area contributed by atoms with Crippen LogP contribution in [-0.4, -0.2) is 15.9 Å². The second-order valence-corrected chi connectivity index (χ2v) is 12.4. The quantitative estimate of drug-likeness (QED) is 0.130. The summed E-state index contributed by atoms with van der Waals surface area (Å²) in [5.41, 5.74) is 8.86. The molecule has 3 nitrogen and oxygen atoms in total. The molecule has 1 aliphatic rings. The van der Waals surface area contributed by atoms with Crippen molar-refractivity contribution >= 4 is 37.3 Å². The van der Waals surface area contributed by atoms with E-state index in [9.17, 15) is 4.79 Å². The number of rotatable bonds is 2. The van der Waals surface area contributed by atoms with Gasteiger partial charge in [-0.15, -0.1) is 47.2 Å². The third-order valence-electron chi connectivity index (χ3n) is 8.04. The summed E-state index contributed by atoms with van der Waals surface area (Å²) >= 11 is 1.91. The molecule has 4 aromatic rings. The van der Waals surface area contributed by atoms with E-state index < -0.39 is 0 Å². The molecule has 5 heteroatoms. The summed E-state index contributed by atoms with van der Waals surface area (Å²) in [6, 6.07) is 13.7. The average Bonchev–Trinajstić information content (AvgIpc) is 3.19. The Morgan fingerprint density at radius 3 is 2.14 bits per heavy atom. The summed E-state index contributed by atoms with van der Waals surface area (Å²) < 4.78 is 2.73. The molecule has 2 aromatic heterocycles. The SMILES string of the molecule is CC(=O)/C=C(/C)O.Cc1c2c(c(C)c3c1sc1c(-c4[c-]cccc4)nccc13)CC(C)(C)C(C)(C)C2.[Ir]. The van der Waals surface area contributed by atoms with Crippen LogP contribution in [0.1, 0.15) is 63.8 Å². The van der Waals surface area contributed by atoms with Gasteiger partial charge in [-0.25, -0.2) is 0 Å². The van der Waals surface area contributed by atoms with Gasteiger partial charge in [0.05, 0.1) is 5.76 Å². The third kappa shape index (κ3) is 5.46. The normalized spacial score (nSPS) is 15.9. The number of hydrogen-bond acceptors (Lipinski definition) is 4. The number of nitrogens with zero attached hydrogens (tertiary/aromatic N) is 1. The molecule has 2 heterocycles. The van der Waals surface area contributed by atoms with Gasteiger partial charge in [-0.1, -0.05) is 27.7 Å². The Kier molecular flexibility index (Phi) is 8.54. The van der Waals surface area contributed by atoms with Crippen LogP contribution in [0.3, 0.4) is 0 Å². The number of aromatic nitrogens is 1. The van der Waals surface area contributed by atoms with E-state index in [-0.39, 0.29) is 31.6 Å². The molecule has 1 aliphatic carbocycles. The maximum absolute atomic E-state index is 10.0. The number of aryl methyl sites for hydroxylation is 2. The summed E-state index contributed by atoms with van der Waals surface area (Å²) in [5.74, 6) is -0.0625. The molecule has 197 valence electrons. The largest absolute Gasteiger partial charge is 0.512 e. The van der Waals surface area contributed by atoms with Crippen molar-refractivity contribution in [1.82, 2.24) is 4.98 Å². The first-order valence-corrected chi connectivity index (χ1v) is 13.3. The molecule has 2 aromatic carbocycles. The van der Waals surface area contributed by atoms with Crippen LogP contribution in [0.4, 0.5) is 0 Å². The van der Waals surface area contributed by atoms with Crippen molar-refractivity contribution in [2.75, 3.05) is 0 Å². The minimum Gasteiger partial charge on any atom is -0.512 e. The Bertz CT molecular complexity index is 1490. The van der Waals surface area contributed by atoms with E-state index in [4.69, 9.17) is 10.1 Å². The van der Waals surface area contributed by atoms with Crippen molar-refractivity contribution in [3.8, 4) is 11.3 Å². The maximum atomic E-state index is 10.0. The fraction of sp³-hybridized carbons (Fsp3) is 0.375. The zero-order valence-electron chi connectivity index (χ0n) is 23.0. The van der Waals surface area contributed by atoms with Gasteiger partial charge in [-0.3, -0.25) is 4.79 Å². The van der Waals surface area contributed by atoms with E-state index in [1.807, 2.05) is 29.7 Å². The molecule has 0 spiro atoms. The summed E-state index contributed by atoms with van der Waals surface area (Å²) in [5, 5.41) is 11.1. The number of benzene rings is 2. The molecule has 37 heavy (non-hydrogen) atoms. The predicted molar refractivity (Wildman–Crippen MR) is 153 cm³/mol. The number of aliphatic hydroxyl groups is 1. The van der Waals surface area contributed by atoms with Crippen LogP contribution in [0.25, 0.3) is 31.4 Å². The Hall–Kier alpha value is -2.33. The Labute approximate surface area is 238 Å². The Morgan fingerprint density at radius 1 is 1.00 bits per heavy atom. The summed E-state index contributed by atoms with van der Waals surface area (Å²) in [4.78, 5) is 14.8. The standard InChI is InChI=1S/C27H28NS.C5H8O2.Ir/c1-16-20-14-26(3,4)27(5,6)15-21(20)17(2)24-22(16)19-12-13-28-23(25(19)29-24)18-10-8-7-9-11-18;1-4(6)3-5(2)7;/h7-10,12-13H,14-15H2,1-6H3;3,6H,1-2H3;/q-1;;/b;4-3-;. The smallest absolute Gasteiger partial charge is 0.155 e. The van der Waals surface area contributed by atoms with E-state index >= 15 is 0 Å². The second-order valence-electron chi connectivity index (χ2n) is 11.3. The average molecular weight is 691 g/mol. The molecule has 0 amide bonds. The van der Waals surface area contributed by atoms with Crippen molar-refractivity contribution in [2.24, 2.45) is 10.8 Å². The van der Waals surface area contributed by atoms with Gasteiger partial charge < -0.3 is 10.1 Å². The fourth-order valence-electron chi connectivity index (χ4n) is 5.27. The number of allylic oxidation sites excluding steroid dienone is 2. The van der Waals surface area contributed by atoms with Gasteiger partial charge >= 0.3 is 0 Å². The molecule has 0 aliphatic heterocycles. The number of thiophene rings is 1. The van der Waals surface area contributed by atoms with Gasteiger partial charge in [-0.2, -0.15) is 0 Å². The molecule has 0 unspecified atom stereocenters. The topological polar surface area (TPSA) is 50.2 Å². The number of aliphatic hydroxyl groups excluding tert-OH is 1. The van der Waals surface area contributed by atoms with Crippen LogP contribution < -0.4 is 0 Å². The first-order valence-electron chi connectivity index (χ1n) is 12.5. The van der Waals surface area contributed by atoms with Gasteiger partial charge in [0.2, 0.25) is 0 Å². The fourth-order valence-corrected chi connectivity index (χ4v) is 6.65. The number of hydrogen-bond donors (Lipinski definition) is 1. The van der Waals surface area contributed by atoms with E-state index in [0.717, 1.165) is 24.1 Å². The number of fused-ring (bicyclic) bond motifs is 4. The van der Waals surface area contributed by atoms with Crippen LogP contribution in [-0.2, 0) is 37.7 Å². The van der Waals surface area contributed by atoms with E-state index in [1.165, 1.54) is 51.2 Å². The van der Waals surface area contributed by atoms with Crippen LogP contribution >= 0.6 is 11.3 Å². The maximum Gasteiger partial charge on any atom is 0.155 e. The molecule has 0 bridgehead atoms. The molecular formula is C32H36IrNO2S-. The minimum absolute atomic E-state index is 0. The monoisotopic (exact) mass is 691 g/mol. The number of pyridine rings is 1. The summed E-state index contributed by atoms with van der Waals surface area (Å²) in [7, 11) is 0. The summed E-state index contributed by atoms with van der Waals surface area (Å²) in [6.07, 6.45) is 5.44. The zero-order chi connectivity index (χ0) is 26.4. The molecular weight excluding hydrogens is 655 g/mol. The predicted octanol–water partition coefficient (Wildman–Crippen LogP) is 8.72. The van der Waals surface area contributed by atoms with Crippen molar-refractivity contribution in [1.29, 1.82) is 0 Å². The molecule has 0 saturated carbocycles. The van der Waals surface area contributed by atoms with Crippen LogP contribution in [0, 0.1) is 30.7 Å². The molecule has 0 saturated heterocycles. The van der Waals surface area contributed by atoms with Gasteiger partial charge in [0.15, 0.2) is 5.78 Å². The first kappa shape index (κ1) is 29.2. The molecule has 1 radical (unpaired) electrons. The summed E-state index contributed by atoms with van der Waals surface area (Å²) in [6.45, 7) is 17.3. The Morgan fingerprint density at radius 2 is 1.62 bits per heavy atom. The van der Waals surface area contributed by atoms with Crippen molar-refractivity contribution in [2.45, 2.75) is 68.2 Å². The van der Waals surface area contributed by atoms with Gasteiger partial charge in [0, 0.05) is 52.9 Å². The van der Waals surface area contributed by atoms with Crippen molar-refractivity contribution in [3.05, 3.63) is 76.7 Å². The van der Waals surface area contributed by atoms with Gasteiger partial charge in [-0.05, 0) is 85.1 Å². The van der Waals surface area contributed by atoms with E-state index in [1.54, 1.807) is 11.1 Å². The van der Waals surface area contributed by atoms with Gasteiger partial charge in [0.25, 0.3) is 0 Å². The Balaban J connectivity index is 0.000000422. The third-order valence-corrected chi connectivity index (χ3v) is 9.37. The van der Waals surface area contributed by atoms with E-state index in [0.29, 0.717) is 10.8 Å². The number of carbonyl (C=O) groups is 1. The van der Waals surface area contributed by atoms with Crippen LogP contribution in [0.5, 0.6) is 0 Å². The van der Waals surface area contributed by atoms with Crippen molar-refractivity contribution in [3.63, 3.8) is 0 Å². The van der Waals surface area contributed by atoms with Gasteiger partial charge in [0.1, 0.15) is 0 Å². The first-order chi connectivity index (χ1) is 16.8. The number of ketones is 1. The van der Waals surface area contributed by atoms with E-state index in [2.05, 4.69) is 65.8 Å². The second kappa shape index (κ2) is 10.8. The zero-order valence-corrected chi connectivity index (χ0v) is 26.2. The molecule has 1 N–H and O–H groups in total.